The second kappa shape index (κ2) is 8.97. The Hall–Kier alpha value is -4.21. The second-order valence-corrected chi connectivity index (χ2v) is 8.86. The molecule has 0 aliphatic heterocycles. The van der Waals surface area contributed by atoms with Crippen LogP contribution in [-0.4, -0.2) is 30.6 Å². The van der Waals surface area contributed by atoms with Crippen LogP contribution in [0.25, 0.3) is 11.3 Å². The number of aryl methyl sites for hydroxylation is 2. The first-order valence-corrected chi connectivity index (χ1v) is 10.7. The van der Waals surface area contributed by atoms with Crippen LogP contribution in [0.3, 0.4) is 0 Å². The first-order chi connectivity index (χ1) is 16.1. The summed E-state index contributed by atoms with van der Waals surface area (Å²) in [4.78, 5) is 16.7. The highest BCUT2D eigenvalue weighted by atomic mass is 19.1. The number of nitrogens with one attached hydrogen (secondary N) is 2. The lowest BCUT2D eigenvalue weighted by Crippen LogP contribution is -2.25. The molecule has 9 nitrogen and oxygen atoms in total. The molecular weight excluding hydrogens is 437 g/mol. The largest absolute Gasteiger partial charge is 0.457 e. The van der Waals surface area contributed by atoms with Crippen LogP contribution in [0, 0.1) is 12.7 Å². The highest BCUT2D eigenvalue weighted by molar-refractivity contribution is 5.99. The standard InChI is InChI=1S/C24H26FN7O2/c1-15-10-22(30-32(15)24(2,3)4)29-23(33)28-20-7-6-17(11-19(20)25)34-18-8-9-26-21(12-18)16-13-27-31(5)14-16/h6-14H,1-5H3,(H2,28,29,30,33). The second-order valence-electron chi connectivity index (χ2n) is 8.86. The number of nitrogens with zero attached hydrogens (tertiary/aromatic N) is 5. The third-order valence-corrected chi connectivity index (χ3v) is 4.92. The van der Waals surface area contributed by atoms with E-state index in [0.717, 1.165) is 11.3 Å². The van der Waals surface area contributed by atoms with Gasteiger partial charge in [-0.15, -0.1) is 0 Å². The highest BCUT2D eigenvalue weighted by Gasteiger charge is 2.18. The van der Waals surface area contributed by atoms with Gasteiger partial charge in [0.1, 0.15) is 17.3 Å². The van der Waals surface area contributed by atoms with Crippen molar-refractivity contribution in [2.45, 2.75) is 33.2 Å². The minimum absolute atomic E-state index is 0.0163. The van der Waals surface area contributed by atoms with Gasteiger partial charge in [-0.1, -0.05) is 0 Å². The molecule has 0 spiro atoms. The van der Waals surface area contributed by atoms with E-state index in [2.05, 4.69) is 25.8 Å². The monoisotopic (exact) mass is 463 g/mol. The van der Waals surface area contributed by atoms with Crippen LogP contribution in [0.4, 0.5) is 20.7 Å². The molecule has 2 N–H and O–H groups in total. The average Bonchev–Trinajstić information content (AvgIpc) is 3.35. The highest BCUT2D eigenvalue weighted by Crippen LogP contribution is 2.28. The quantitative estimate of drug-likeness (QED) is 0.417. The Morgan fingerprint density at radius 1 is 1.09 bits per heavy atom. The van der Waals surface area contributed by atoms with Gasteiger partial charge in [-0.3, -0.25) is 19.7 Å². The normalized spacial score (nSPS) is 11.4. The van der Waals surface area contributed by atoms with Gasteiger partial charge in [0.05, 0.1) is 23.1 Å². The van der Waals surface area contributed by atoms with Gasteiger partial charge in [-0.2, -0.15) is 10.2 Å². The smallest absolute Gasteiger partial charge is 0.324 e. The number of hydrogen-bond acceptors (Lipinski definition) is 5. The zero-order chi connectivity index (χ0) is 24.5. The summed E-state index contributed by atoms with van der Waals surface area (Å²) in [6, 6.07) is 8.79. The predicted molar refractivity (Wildman–Crippen MR) is 128 cm³/mol. The van der Waals surface area contributed by atoms with Crippen molar-refractivity contribution in [1.29, 1.82) is 0 Å². The van der Waals surface area contributed by atoms with Gasteiger partial charge >= 0.3 is 6.03 Å². The third kappa shape index (κ3) is 5.22. The zero-order valence-electron chi connectivity index (χ0n) is 19.6. The number of halogens is 1. The third-order valence-electron chi connectivity index (χ3n) is 4.92. The first-order valence-electron chi connectivity index (χ1n) is 10.7. The number of ether oxygens (including phenoxy) is 1. The van der Waals surface area contributed by atoms with Gasteiger partial charge in [0.2, 0.25) is 0 Å². The van der Waals surface area contributed by atoms with Crippen molar-refractivity contribution in [2.75, 3.05) is 10.6 Å². The van der Waals surface area contributed by atoms with Gasteiger partial charge in [0, 0.05) is 48.9 Å². The SMILES string of the molecule is Cc1cc(NC(=O)Nc2ccc(Oc3ccnc(-c4cnn(C)c4)c3)cc2F)nn1C(C)(C)C. The van der Waals surface area contributed by atoms with Crippen molar-refractivity contribution >= 4 is 17.5 Å². The maximum absolute atomic E-state index is 14.7. The van der Waals surface area contributed by atoms with Crippen molar-refractivity contribution in [3.8, 4) is 22.8 Å². The summed E-state index contributed by atoms with van der Waals surface area (Å²) in [5.41, 5.74) is 2.22. The van der Waals surface area contributed by atoms with E-state index in [1.165, 1.54) is 12.1 Å². The van der Waals surface area contributed by atoms with Crippen LogP contribution in [0.5, 0.6) is 11.5 Å². The topological polar surface area (TPSA) is 98.9 Å². The van der Waals surface area contributed by atoms with Gasteiger partial charge in [-0.05, 0) is 45.9 Å². The molecule has 3 heterocycles. The Kier molecular flexibility index (Phi) is 6.06. The summed E-state index contributed by atoms with van der Waals surface area (Å²) in [7, 11) is 1.82. The summed E-state index contributed by atoms with van der Waals surface area (Å²) in [5.74, 6) is 0.529. The number of carbonyl (C=O) groups is 1. The van der Waals surface area contributed by atoms with Crippen molar-refractivity contribution < 1.29 is 13.9 Å². The number of benzene rings is 1. The number of urea groups is 1. The summed E-state index contributed by atoms with van der Waals surface area (Å²) < 4.78 is 23.9. The molecule has 0 bridgehead atoms. The van der Waals surface area contributed by atoms with E-state index < -0.39 is 11.8 Å². The van der Waals surface area contributed by atoms with Crippen molar-refractivity contribution in [1.82, 2.24) is 24.5 Å². The van der Waals surface area contributed by atoms with Crippen LogP contribution in [-0.2, 0) is 12.6 Å². The molecule has 0 unspecified atom stereocenters. The Morgan fingerprint density at radius 3 is 2.50 bits per heavy atom. The number of amides is 2. The van der Waals surface area contributed by atoms with Crippen LogP contribution in [0.1, 0.15) is 26.5 Å². The minimum atomic E-state index is -0.634. The Morgan fingerprint density at radius 2 is 1.85 bits per heavy atom. The Labute approximate surface area is 196 Å². The molecule has 34 heavy (non-hydrogen) atoms. The van der Waals surface area contributed by atoms with E-state index in [9.17, 15) is 9.18 Å². The molecule has 4 aromatic rings. The fraction of sp³-hybridized carbons (Fsp3) is 0.250. The maximum atomic E-state index is 14.7. The number of hydrogen-bond donors (Lipinski definition) is 2. The Balaban J connectivity index is 1.42. The van der Waals surface area contributed by atoms with Crippen molar-refractivity contribution in [2.24, 2.45) is 7.05 Å². The molecule has 0 fully saturated rings. The summed E-state index contributed by atoms with van der Waals surface area (Å²) in [5, 5.41) is 13.7. The molecule has 176 valence electrons. The first kappa shape index (κ1) is 23.0. The lowest BCUT2D eigenvalue weighted by molar-refractivity contribution is 0.262. The van der Waals surface area contributed by atoms with E-state index in [1.807, 2.05) is 45.6 Å². The Bertz CT molecular complexity index is 1340. The molecule has 0 atom stereocenters. The molecule has 2 amide bonds. The molecular formula is C24H26FN7O2. The number of aromatic nitrogens is 5. The molecule has 1 aromatic carbocycles. The molecule has 0 aliphatic carbocycles. The van der Waals surface area contributed by atoms with Gasteiger partial charge < -0.3 is 10.1 Å². The molecule has 0 saturated carbocycles. The maximum Gasteiger partial charge on any atom is 0.324 e. The number of anilines is 2. The molecule has 0 saturated heterocycles. The molecule has 3 aromatic heterocycles. The minimum Gasteiger partial charge on any atom is -0.457 e. The molecule has 0 aliphatic rings. The fourth-order valence-electron chi connectivity index (χ4n) is 3.47. The zero-order valence-corrected chi connectivity index (χ0v) is 19.6. The number of carbonyl (C=O) groups excluding carboxylic acids is 1. The summed E-state index contributed by atoms with van der Waals surface area (Å²) in [6.45, 7) is 7.95. The lowest BCUT2D eigenvalue weighted by Gasteiger charge is -2.21. The van der Waals surface area contributed by atoms with Gasteiger partial charge in [0.25, 0.3) is 0 Å². The van der Waals surface area contributed by atoms with E-state index in [4.69, 9.17) is 4.74 Å². The summed E-state index contributed by atoms with van der Waals surface area (Å²) in [6.07, 6.45) is 5.15. The van der Waals surface area contributed by atoms with E-state index in [-0.39, 0.29) is 17.0 Å². The molecule has 4 rings (SSSR count). The molecule has 10 heteroatoms. The predicted octanol–water partition coefficient (Wildman–Crippen LogP) is 5.32. The summed E-state index contributed by atoms with van der Waals surface area (Å²) >= 11 is 0. The van der Waals surface area contributed by atoms with Crippen LogP contribution >= 0.6 is 0 Å². The van der Waals surface area contributed by atoms with Gasteiger partial charge in [0.15, 0.2) is 5.82 Å². The van der Waals surface area contributed by atoms with Crippen molar-refractivity contribution in [3.05, 3.63) is 66.5 Å². The number of pyridine rings is 1. The number of rotatable bonds is 5. The molecule has 0 radical (unpaired) electrons. The average molecular weight is 464 g/mol. The van der Waals surface area contributed by atoms with E-state index >= 15 is 0 Å². The lowest BCUT2D eigenvalue weighted by atomic mass is 10.1. The van der Waals surface area contributed by atoms with Crippen LogP contribution in [0.15, 0.2) is 55.0 Å². The van der Waals surface area contributed by atoms with E-state index in [1.54, 1.807) is 41.3 Å². The van der Waals surface area contributed by atoms with Crippen LogP contribution < -0.4 is 15.4 Å². The van der Waals surface area contributed by atoms with E-state index in [0.29, 0.717) is 17.3 Å². The fourth-order valence-corrected chi connectivity index (χ4v) is 3.47. The van der Waals surface area contributed by atoms with Crippen LogP contribution in [0.2, 0.25) is 0 Å². The van der Waals surface area contributed by atoms with Gasteiger partial charge in [-0.25, -0.2) is 9.18 Å². The van der Waals surface area contributed by atoms with Crippen molar-refractivity contribution in [3.63, 3.8) is 0 Å².